The second-order valence-electron chi connectivity index (χ2n) is 7.86. The van der Waals surface area contributed by atoms with Gasteiger partial charge in [0.25, 0.3) is 0 Å². The minimum absolute atomic E-state index is 0.361. The molecule has 136 valence electrons. The summed E-state index contributed by atoms with van der Waals surface area (Å²) in [5.74, 6) is 1.13. The smallest absolute Gasteiger partial charge is 0.134 e. The van der Waals surface area contributed by atoms with Crippen LogP contribution in [0.4, 0.5) is 0 Å². The van der Waals surface area contributed by atoms with Crippen LogP contribution < -0.4 is 0 Å². The summed E-state index contributed by atoms with van der Waals surface area (Å²) in [5.41, 5.74) is 2.31. The minimum Gasteiger partial charge on any atom is -0.459 e. The number of furan rings is 1. The van der Waals surface area contributed by atoms with E-state index in [0.29, 0.717) is 18.2 Å². The van der Waals surface area contributed by atoms with Gasteiger partial charge in [0.1, 0.15) is 11.3 Å². The summed E-state index contributed by atoms with van der Waals surface area (Å²) < 4.78 is 12.0. The van der Waals surface area contributed by atoms with E-state index in [2.05, 4.69) is 48.8 Å². The number of ether oxygens (including phenoxy) is 1. The van der Waals surface area contributed by atoms with E-state index in [1.54, 1.807) is 0 Å². The van der Waals surface area contributed by atoms with Crippen molar-refractivity contribution in [3.63, 3.8) is 0 Å². The van der Waals surface area contributed by atoms with Gasteiger partial charge in [-0.2, -0.15) is 0 Å². The number of para-hydroxylation sites is 1. The molecule has 0 unspecified atom stereocenters. The maximum atomic E-state index is 6.10. The maximum absolute atomic E-state index is 6.10. The molecule has 3 heterocycles. The summed E-state index contributed by atoms with van der Waals surface area (Å²) in [4.78, 5) is 5.21. The zero-order chi connectivity index (χ0) is 17.4. The second-order valence-corrected chi connectivity index (χ2v) is 7.86. The normalized spacial score (nSPS) is 27.2. The molecule has 0 saturated carbocycles. The highest BCUT2D eigenvalue weighted by atomic mass is 16.5. The summed E-state index contributed by atoms with van der Waals surface area (Å²) in [6.45, 7) is 12.0. The highest BCUT2D eigenvalue weighted by Gasteiger charge is 2.30. The molecule has 0 radical (unpaired) electrons. The lowest BCUT2D eigenvalue weighted by molar-refractivity contribution is -0.0866. The zero-order valence-corrected chi connectivity index (χ0v) is 15.7. The zero-order valence-electron chi connectivity index (χ0n) is 15.7. The molecule has 2 saturated heterocycles. The average Bonchev–Trinajstić information content (AvgIpc) is 2.91. The van der Waals surface area contributed by atoms with Crippen molar-refractivity contribution in [2.45, 2.75) is 58.4 Å². The fourth-order valence-corrected chi connectivity index (χ4v) is 4.54. The van der Waals surface area contributed by atoms with Crippen LogP contribution in [0.2, 0.25) is 0 Å². The largest absolute Gasteiger partial charge is 0.459 e. The Bertz CT molecular complexity index is 708. The number of rotatable bonds is 3. The molecule has 2 atom stereocenters. The van der Waals surface area contributed by atoms with E-state index in [4.69, 9.17) is 9.15 Å². The Morgan fingerprint density at radius 2 is 1.72 bits per heavy atom. The van der Waals surface area contributed by atoms with Crippen LogP contribution in [0.1, 0.15) is 38.0 Å². The molecule has 4 heteroatoms. The van der Waals surface area contributed by atoms with Gasteiger partial charge in [-0.05, 0) is 45.2 Å². The summed E-state index contributed by atoms with van der Waals surface area (Å²) >= 11 is 0. The third-order valence-corrected chi connectivity index (χ3v) is 5.83. The van der Waals surface area contributed by atoms with Crippen molar-refractivity contribution in [3.05, 3.63) is 35.6 Å². The number of aryl methyl sites for hydroxylation is 1. The predicted octanol–water partition coefficient (Wildman–Crippen LogP) is 3.81. The van der Waals surface area contributed by atoms with E-state index in [1.807, 2.05) is 6.07 Å². The van der Waals surface area contributed by atoms with Gasteiger partial charge in [-0.3, -0.25) is 9.80 Å². The molecular weight excluding hydrogens is 312 g/mol. The van der Waals surface area contributed by atoms with Crippen molar-refractivity contribution in [2.24, 2.45) is 0 Å². The second kappa shape index (κ2) is 7.10. The minimum atomic E-state index is 0.361. The van der Waals surface area contributed by atoms with Gasteiger partial charge in [-0.1, -0.05) is 18.2 Å². The van der Waals surface area contributed by atoms with Crippen molar-refractivity contribution in [2.75, 3.05) is 26.2 Å². The first kappa shape index (κ1) is 17.1. The van der Waals surface area contributed by atoms with Gasteiger partial charge < -0.3 is 9.15 Å². The number of morpholine rings is 1. The molecule has 2 aliphatic heterocycles. The van der Waals surface area contributed by atoms with E-state index in [0.717, 1.165) is 44.1 Å². The lowest BCUT2D eigenvalue weighted by Gasteiger charge is -2.43. The molecule has 1 aromatic heterocycles. The Morgan fingerprint density at radius 1 is 1.04 bits per heavy atom. The molecule has 4 rings (SSSR count). The van der Waals surface area contributed by atoms with Crippen LogP contribution in [0.5, 0.6) is 0 Å². The molecule has 0 N–H and O–H groups in total. The molecule has 25 heavy (non-hydrogen) atoms. The van der Waals surface area contributed by atoms with Gasteiger partial charge in [-0.25, -0.2) is 0 Å². The number of hydrogen-bond acceptors (Lipinski definition) is 4. The van der Waals surface area contributed by atoms with Crippen molar-refractivity contribution in [1.82, 2.24) is 9.80 Å². The maximum Gasteiger partial charge on any atom is 0.134 e. The topological polar surface area (TPSA) is 28.9 Å². The molecule has 4 nitrogen and oxygen atoms in total. The van der Waals surface area contributed by atoms with Crippen LogP contribution >= 0.6 is 0 Å². The number of hydrogen-bond donors (Lipinski definition) is 0. The van der Waals surface area contributed by atoms with Crippen LogP contribution in [-0.4, -0.2) is 54.2 Å². The van der Waals surface area contributed by atoms with E-state index in [1.165, 1.54) is 23.8 Å². The van der Waals surface area contributed by atoms with Crippen molar-refractivity contribution >= 4 is 11.0 Å². The molecule has 0 aliphatic carbocycles. The fraction of sp³-hybridized carbons (Fsp3) is 0.619. The Hall–Kier alpha value is -1.36. The molecule has 2 aliphatic rings. The number of piperidine rings is 1. The third kappa shape index (κ3) is 3.62. The van der Waals surface area contributed by atoms with Crippen LogP contribution in [-0.2, 0) is 11.3 Å². The Morgan fingerprint density at radius 3 is 2.40 bits per heavy atom. The van der Waals surface area contributed by atoms with E-state index >= 15 is 0 Å². The van der Waals surface area contributed by atoms with Crippen molar-refractivity contribution in [1.29, 1.82) is 0 Å². The molecule has 0 bridgehead atoms. The first-order chi connectivity index (χ1) is 12.1. The van der Waals surface area contributed by atoms with Crippen molar-refractivity contribution < 1.29 is 9.15 Å². The number of benzene rings is 1. The molecule has 1 aromatic carbocycles. The lowest BCUT2D eigenvalue weighted by Crippen LogP contribution is -2.53. The summed E-state index contributed by atoms with van der Waals surface area (Å²) in [5, 5.41) is 1.25. The predicted molar refractivity (Wildman–Crippen MR) is 101 cm³/mol. The Labute approximate surface area is 150 Å². The molecule has 2 aromatic rings. The van der Waals surface area contributed by atoms with Crippen molar-refractivity contribution in [3.8, 4) is 0 Å². The molecular formula is C21H30N2O2. The van der Waals surface area contributed by atoms with Crippen LogP contribution in [0.15, 0.2) is 28.7 Å². The Balaban J connectivity index is 1.36. The highest BCUT2D eigenvalue weighted by molar-refractivity contribution is 5.81. The molecule has 0 amide bonds. The van der Waals surface area contributed by atoms with Crippen LogP contribution in [0.25, 0.3) is 11.0 Å². The highest BCUT2D eigenvalue weighted by Crippen LogP contribution is 2.28. The van der Waals surface area contributed by atoms with E-state index < -0.39 is 0 Å². The van der Waals surface area contributed by atoms with Gasteiger partial charge in [0, 0.05) is 37.6 Å². The lowest BCUT2D eigenvalue weighted by atomic mass is 10.0. The van der Waals surface area contributed by atoms with Gasteiger partial charge >= 0.3 is 0 Å². The third-order valence-electron chi connectivity index (χ3n) is 5.83. The van der Waals surface area contributed by atoms with Crippen LogP contribution in [0.3, 0.4) is 0 Å². The SMILES string of the molecule is Cc1c(CN2CCC(N3C[C@@H](C)O[C@@H](C)C3)CC2)oc2ccccc12. The fourth-order valence-electron chi connectivity index (χ4n) is 4.54. The monoisotopic (exact) mass is 342 g/mol. The average molecular weight is 342 g/mol. The summed E-state index contributed by atoms with van der Waals surface area (Å²) in [6, 6.07) is 9.07. The quantitative estimate of drug-likeness (QED) is 0.848. The van der Waals surface area contributed by atoms with E-state index in [-0.39, 0.29) is 0 Å². The number of likely N-dealkylation sites (tertiary alicyclic amines) is 1. The van der Waals surface area contributed by atoms with Crippen LogP contribution in [0, 0.1) is 6.92 Å². The molecule has 2 fully saturated rings. The van der Waals surface area contributed by atoms with E-state index in [9.17, 15) is 0 Å². The first-order valence-electron chi connectivity index (χ1n) is 9.69. The number of fused-ring (bicyclic) bond motifs is 1. The number of nitrogens with zero attached hydrogens (tertiary/aromatic N) is 2. The first-order valence-corrected chi connectivity index (χ1v) is 9.69. The Kier molecular flexibility index (Phi) is 4.85. The molecule has 0 spiro atoms. The van der Waals surface area contributed by atoms with Gasteiger partial charge in [0.15, 0.2) is 0 Å². The van der Waals surface area contributed by atoms with Gasteiger partial charge in [0.05, 0.1) is 18.8 Å². The van der Waals surface area contributed by atoms with Gasteiger partial charge in [-0.15, -0.1) is 0 Å². The summed E-state index contributed by atoms with van der Waals surface area (Å²) in [6.07, 6.45) is 3.22. The summed E-state index contributed by atoms with van der Waals surface area (Å²) in [7, 11) is 0. The van der Waals surface area contributed by atoms with Gasteiger partial charge in [0.2, 0.25) is 0 Å². The standard InChI is InChI=1S/C21H30N2O2/c1-15-12-23(13-16(2)24-15)18-8-10-22(11-9-18)14-21-17(3)19-6-4-5-7-20(19)25-21/h4-7,15-16,18H,8-14H2,1-3H3/t15-,16+.